The van der Waals surface area contributed by atoms with Crippen LogP contribution < -0.4 is 4.74 Å². The maximum atomic E-state index is 12.5. The van der Waals surface area contributed by atoms with E-state index in [1.165, 1.54) is 5.39 Å². The van der Waals surface area contributed by atoms with E-state index in [-0.39, 0.29) is 0 Å². The summed E-state index contributed by atoms with van der Waals surface area (Å²) >= 11 is 0. The molecule has 0 fully saturated rings. The van der Waals surface area contributed by atoms with Crippen LogP contribution in [0.15, 0.2) is 85.3 Å². The summed E-state index contributed by atoms with van der Waals surface area (Å²) in [5, 5.41) is 14.8. The highest BCUT2D eigenvalue weighted by molar-refractivity contribution is 5.97. The van der Waals surface area contributed by atoms with Crippen LogP contribution in [-0.4, -0.2) is 49.3 Å². The van der Waals surface area contributed by atoms with Crippen LogP contribution in [0.4, 0.5) is 0 Å². The van der Waals surface area contributed by atoms with Crippen LogP contribution in [0.3, 0.4) is 0 Å². The molecular formula is C32H36N2O3. The maximum absolute atomic E-state index is 12.5. The minimum Gasteiger partial charge on any atom is -0.501 e. The molecule has 1 atom stereocenters. The molecule has 1 aromatic heterocycles. The molecule has 0 amide bonds. The molecule has 4 aromatic rings. The molecule has 0 spiro atoms. The van der Waals surface area contributed by atoms with E-state index in [0.717, 1.165) is 39.7 Å². The van der Waals surface area contributed by atoms with E-state index < -0.39 is 5.60 Å². The zero-order valence-corrected chi connectivity index (χ0v) is 22.1. The van der Waals surface area contributed by atoms with E-state index in [0.29, 0.717) is 25.3 Å². The Morgan fingerprint density at radius 3 is 2.49 bits per heavy atom. The lowest BCUT2D eigenvalue weighted by molar-refractivity contribution is 0.0211. The molecule has 37 heavy (non-hydrogen) atoms. The molecule has 3 aromatic carbocycles. The number of nitrogens with zero attached hydrogens (tertiary/aromatic N) is 2. The van der Waals surface area contributed by atoms with Crippen molar-refractivity contribution in [3.63, 3.8) is 0 Å². The van der Waals surface area contributed by atoms with Crippen molar-refractivity contribution in [3.8, 4) is 17.0 Å². The highest BCUT2D eigenvalue weighted by Crippen LogP contribution is 2.40. The molecule has 192 valence electrons. The van der Waals surface area contributed by atoms with Gasteiger partial charge in [-0.3, -0.25) is 0 Å². The Kier molecular flexibility index (Phi) is 8.59. The fourth-order valence-electron chi connectivity index (χ4n) is 4.77. The summed E-state index contributed by atoms with van der Waals surface area (Å²) in [5.41, 5.74) is 3.60. The van der Waals surface area contributed by atoms with Gasteiger partial charge in [-0.15, -0.1) is 0 Å². The predicted octanol–water partition coefficient (Wildman–Crippen LogP) is 6.30. The average Bonchev–Trinajstić information content (AvgIpc) is 2.92. The summed E-state index contributed by atoms with van der Waals surface area (Å²) in [4.78, 5) is 6.62. The highest BCUT2D eigenvalue weighted by atomic mass is 16.5. The number of benzene rings is 3. The van der Waals surface area contributed by atoms with Gasteiger partial charge in [0.15, 0.2) is 0 Å². The second kappa shape index (κ2) is 12.0. The number of ether oxygens (including phenoxy) is 2. The van der Waals surface area contributed by atoms with Gasteiger partial charge in [-0.1, -0.05) is 66.7 Å². The maximum Gasteiger partial charge on any atom is 0.216 e. The first-order valence-electron chi connectivity index (χ1n) is 12.7. The summed E-state index contributed by atoms with van der Waals surface area (Å²) in [7, 11) is 5.67. The van der Waals surface area contributed by atoms with Crippen molar-refractivity contribution in [1.82, 2.24) is 9.88 Å². The smallest absolute Gasteiger partial charge is 0.216 e. The number of aromatic nitrogens is 1. The Morgan fingerprint density at radius 2 is 1.70 bits per heavy atom. The van der Waals surface area contributed by atoms with Crippen LogP contribution in [0.2, 0.25) is 0 Å². The lowest BCUT2D eigenvalue weighted by atomic mass is 9.79. The van der Waals surface area contributed by atoms with E-state index in [9.17, 15) is 5.11 Å². The first kappa shape index (κ1) is 26.4. The van der Waals surface area contributed by atoms with Gasteiger partial charge in [0.05, 0.1) is 25.6 Å². The summed E-state index contributed by atoms with van der Waals surface area (Å²) in [6.07, 6.45) is 6.20. The van der Waals surface area contributed by atoms with Gasteiger partial charge < -0.3 is 19.5 Å². The standard InChI is InChI=1S/C32H36N2O3/c1-5-37-20-17-24-21-26(31(36-4)33-23-24)22-32(35,18-19-34(2)3)30-16-9-8-14-29(30)28-15-10-12-25-11-6-7-13-27(25)28/h6-17,20-21,23,35H,5,18-19,22H2,1-4H3/b20-17+. The van der Waals surface area contributed by atoms with Crippen molar-refractivity contribution in [2.24, 2.45) is 0 Å². The lowest BCUT2D eigenvalue weighted by Gasteiger charge is -2.33. The zero-order chi connectivity index (χ0) is 26.3. The Hall–Kier alpha value is -3.67. The van der Waals surface area contributed by atoms with Gasteiger partial charge in [-0.2, -0.15) is 0 Å². The minimum atomic E-state index is -1.16. The van der Waals surface area contributed by atoms with E-state index in [4.69, 9.17) is 9.47 Å². The molecule has 0 saturated carbocycles. The third-order valence-corrected chi connectivity index (χ3v) is 6.63. The quantitative estimate of drug-likeness (QED) is 0.247. The minimum absolute atomic E-state index is 0.356. The van der Waals surface area contributed by atoms with E-state index in [1.807, 2.05) is 51.4 Å². The van der Waals surface area contributed by atoms with Crippen molar-refractivity contribution >= 4 is 16.8 Å². The number of rotatable bonds is 11. The first-order chi connectivity index (χ1) is 17.9. The SMILES string of the molecule is CCO/C=C/c1cnc(OC)c(CC(O)(CCN(C)C)c2ccccc2-c2cccc3ccccc23)c1. The molecule has 5 heteroatoms. The predicted molar refractivity (Wildman–Crippen MR) is 152 cm³/mol. The average molecular weight is 497 g/mol. The molecule has 0 aliphatic rings. The van der Waals surface area contributed by atoms with Gasteiger partial charge in [0.25, 0.3) is 0 Å². The van der Waals surface area contributed by atoms with Crippen LogP contribution >= 0.6 is 0 Å². The summed E-state index contributed by atoms with van der Waals surface area (Å²) in [6, 6.07) is 24.9. The summed E-state index contributed by atoms with van der Waals surface area (Å²) in [6.45, 7) is 3.27. The molecule has 1 heterocycles. The Bertz CT molecular complexity index is 1360. The second-order valence-corrected chi connectivity index (χ2v) is 9.53. The fraction of sp³-hybridized carbons (Fsp3) is 0.281. The molecule has 0 saturated heterocycles. The largest absolute Gasteiger partial charge is 0.501 e. The first-order valence-corrected chi connectivity index (χ1v) is 12.7. The van der Waals surface area contributed by atoms with Gasteiger partial charge in [-0.25, -0.2) is 4.98 Å². The molecule has 0 radical (unpaired) electrons. The van der Waals surface area contributed by atoms with Gasteiger partial charge in [0, 0.05) is 24.7 Å². The number of aliphatic hydroxyl groups is 1. The van der Waals surface area contributed by atoms with Gasteiger partial charge in [-0.05, 0) is 72.6 Å². The molecular weight excluding hydrogens is 460 g/mol. The van der Waals surface area contributed by atoms with Crippen LogP contribution in [0.1, 0.15) is 30.0 Å². The highest BCUT2D eigenvalue weighted by Gasteiger charge is 2.33. The lowest BCUT2D eigenvalue weighted by Crippen LogP contribution is -2.33. The Morgan fingerprint density at radius 1 is 0.973 bits per heavy atom. The number of hydrogen-bond acceptors (Lipinski definition) is 5. The normalized spacial score (nSPS) is 13.2. The fourth-order valence-corrected chi connectivity index (χ4v) is 4.77. The van der Waals surface area contributed by atoms with Crippen LogP contribution in [0.5, 0.6) is 5.88 Å². The number of fused-ring (bicyclic) bond motifs is 1. The van der Waals surface area contributed by atoms with Crippen LogP contribution in [-0.2, 0) is 16.8 Å². The molecule has 4 rings (SSSR count). The van der Waals surface area contributed by atoms with Crippen molar-refractivity contribution in [1.29, 1.82) is 0 Å². The van der Waals surface area contributed by atoms with Crippen LogP contribution in [0.25, 0.3) is 28.0 Å². The Balaban J connectivity index is 1.84. The van der Waals surface area contributed by atoms with Gasteiger partial charge >= 0.3 is 0 Å². The third-order valence-electron chi connectivity index (χ3n) is 6.63. The van der Waals surface area contributed by atoms with Gasteiger partial charge in [0.1, 0.15) is 0 Å². The monoisotopic (exact) mass is 496 g/mol. The summed E-state index contributed by atoms with van der Waals surface area (Å²) < 4.78 is 11.0. The molecule has 5 nitrogen and oxygen atoms in total. The molecule has 1 N–H and O–H groups in total. The van der Waals surface area contributed by atoms with E-state index in [2.05, 4.69) is 58.4 Å². The number of pyridine rings is 1. The van der Waals surface area contributed by atoms with Crippen LogP contribution in [0, 0.1) is 0 Å². The van der Waals surface area contributed by atoms with Crippen molar-refractivity contribution < 1.29 is 14.6 Å². The van der Waals surface area contributed by atoms with Crippen molar-refractivity contribution in [2.75, 3.05) is 34.4 Å². The number of methoxy groups -OCH3 is 1. The summed E-state index contributed by atoms with van der Waals surface area (Å²) in [5.74, 6) is 0.513. The molecule has 0 bridgehead atoms. The topological polar surface area (TPSA) is 54.8 Å². The third kappa shape index (κ3) is 6.19. The number of hydrogen-bond donors (Lipinski definition) is 1. The molecule has 1 unspecified atom stereocenters. The second-order valence-electron chi connectivity index (χ2n) is 9.53. The van der Waals surface area contributed by atoms with Gasteiger partial charge in [0.2, 0.25) is 5.88 Å². The molecule has 0 aliphatic carbocycles. The van der Waals surface area contributed by atoms with Crippen molar-refractivity contribution in [3.05, 3.63) is 102 Å². The molecule has 0 aliphatic heterocycles. The van der Waals surface area contributed by atoms with E-state index >= 15 is 0 Å². The van der Waals surface area contributed by atoms with E-state index in [1.54, 1.807) is 19.6 Å². The Labute approximate surface area is 220 Å². The van der Waals surface area contributed by atoms with Crippen molar-refractivity contribution in [2.45, 2.75) is 25.4 Å². The zero-order valence-electron chi connectivity index (χ0n) is 22.1.